The molecule has 0 aliphatic carbocycles. The van der Waals surface area contributed by atoms with E-state index in [1.165, 1.54) is 0 Å². The first-order valence-electron chi connectivity index (χ1n) is 4.79. The summed E-state index contributed by atoms with van der Waals surface area (Å²) in [6.07, 6.45) is 0. The minimum Gasteiger partial charge on any atom is -0.368 e. The summed E-state index contributed by atoms with van der Waals surface area (Å²) in [5.74, 6) is -0.622. The lowest BCUT2D eigenvalue weighted by Crippen LogP contribution is -2.48. The van der Waals surface area contributed by atoms with Gasteiger partial charge in [-0.1, -0.05) is 0 Å². The van der Waals surface area contributed by atoms with Crippen molar-refractivity contribution in [1.29, 1.82) is 0 Å². The van der Waals surface area contributed by atoms with Gasteiger partial charge in [-0.3, -0.25) is 9.59 Å². The molecule has 0 aromatic rings. The van der Waals surface area contributed by atoms with Crippen LogP contribution in [0, 0.1) is 5.41 Å². The van der Waals surface area contributed by atoms with E-state index < -0.39 is 17.4 Å². The van der Waals surface area contributed by atoms with Crippen molar-refractivity contribution >= 4 is 11.8 Å². The lowest BCUT2D eigenvalue weighted by atomic mass is 9.92. The van der Waals surface area contributed by atoms with Gasteiger partial charge in [0.25, 0.3) is 0 Å². The minimum absolute atomic E-state index is 0.0670. The quantitative estimate of drug-likeness (QED) is 0.418. The van der Waals surface area contributed by atoms with E-state index in [0.717, 1.165) is 0 Å². The van der Waals surface area contributed by atoms with E-state index in [9.17, 15) is 9.59 Å². The number of primary amides is 1. The third-order valence-electron chi connectivity index (χ3n) is 2.14. The fraction of sp³-hybridized carbons (Fsp3) is 0.778. The summed E-state index contributed by atoms with van der Waals surface area (Å²) >= 11 is 0. The largest absolute Gasteiger partial charge is 0.368 e. The molecule has 0 aromatic carbocycles. The van der Waals surface area contributed by atoms with E-state index in [1.807, 2.05) is 0 Å². The average Bonchev–Trinajstić information content (AvgIpc) is 2.15. The molecule has 0 aliphatic heterocycles. The molecule has 88 valence electrons. The van der Waals surface area contributed by atoms with Crippen LogP contribution in [0.15, 0.2) is 0 Å². The number of hydrogen-bond donors (Lipinski definition) is 4. The molecule has 6 nitrogen and oxygen atoms in total. The zero-order valence-corrected chi connectivity index (χ0v) is 9.46. The van der Waals surface area contributed by atoms with Gasteiger partial charge in [-0.2, -0.15) is 0 Å². The first-order chi connectivity index (χ1) is 6.81. The van der Waals surface area contributed by atoms with E-state index in [2.05, 4.69) is 10.6 Å². The highest BCUT2D eigenvalue weighted by atomic mass is 16.2. The summed E-state index contributed by atoms with van der Waals surface area (Å²) in [5.41, 5.74) is 9.87. The van der Waals surface area contributed by atoms with Crippen LogP contribution in [0.1, 0.15) is 13.8 Å². The van der Waals surface area contributed by atoms with E-state index in [1.54, 1.807) is 20.9 Å². The number of rotatable bonds is 6. The topological polar surface area (TPSA) is 110 Å². The predicted octanol–water partition coefficient (Wildman–Crippen LogP) is -1.84. The summed E-state index contributed by atoms with van der Waals surface area (Å²) in [7, 11) is 1.58. The van der Waals surface area contributed by atoms with Crippen molar-refractivity contribution in [2.24, 2.45) is 16.9 Å². The van der Waals surface area contributed by atoms with Gasteiger partial charge in [0, 0.05) is 20.1 Å². The maximum absolute atomic E-state index is 11.4. The molecule has 6 heteroatoms. The van der Waals surface area contributed by atoms with Gasteiger partial charge < -0.3 is 22.1 Å². The van der Waals surface area contributed by atoms with Crippen molar-refractivity contribution in [1.82, 2.24) is 10.6 Å². The zero-order chi connectivity index (χ0) is 12.1. The van der Waals surface area contributed by atoms with E-state index in [-0.39, 0.29) is 12.5 Å². The van der Waals surface area contributed by atoms with Crippen LogP contribution in [0.25, 0.3) is 0 Å². The van der Waals surface area contributed by atoms with Crippen LogP contribution < -0.4 is 22.1 Å². The van der Waals surface area contributed by atoms with Crippen molar-refractivity contribution in [3.05, 3.63) is 0 Å². The van der Waals surface area contributed by atoms with Crippen molar-refractivity contribution in [2.45, 2.75) is 19.9 Å². The molecular weight excluding hydrogens is 196 g/mol. The second kappa shape index (κ2) is 5.67. The molecule has 1 unspecified atom stereocenters. The fourth-order valence-electron chi connectivity index (χ4n) is 1.06. The maximum atomic E-state index is 11.4. The number of nitrogens with one attached hydrogen (secondary N) is 2. The van der Waals surface area contributed by atoms with Crippen molar-refractivity contribution in [3.8, 4) is 0 Å². The minimum atomic E-state index is -0.717. The molecule has 0 saturated heterocycles. The Morgan fingerprint density at radius 3 is 2.33 bits per heavy atom. The Hall–Kier alpha value is -1.14. The highest BCUT2D eigenvalue weighted by molar-refractivity contribution is 5.82. The van der Waals surface area contributed by atoms with Crippen LogP contribution in [0.5, 0.6) is 0 Å². The number of amides is 2. The molecule has 0 bridgehead atoms. The number of carbonyl (C=O) groups excluding carboxylic acids is 2. The van der Waals surface area contributed by atoms with Gasteiger partial charge in [-0.25, -0.2) is 0 Å². The second-order valence-corrected chi connectivity index (χ2v) is 4.10. The summed E-state index contributed by atoms with van der Waals surface area (Å²) in [5, 5.41) is 5.50. The SMILES string of the molecule is CNC(=O)C(C)(C)CNCC(N)C(N)=O. The van der Waals surface area contributed by atoms with Crippen molar-refractivity contribution in [2.75, 3.05) is 20.1 Å². The fourth-order valence-corrected chi connectivity index (χ4v) is 1.06. The summed E-state index contributed by atoms with van der Waals surface area (Å²) in [4.78, 5) is 22.0. The van der Waals surface area contributed by atoms with Crippen molar-refractivity contribution in [3.63, 3.8) is 0 Å². The van der Waals surface area contributed by atoms with Crippen LogP contribution in [0.2, 0.25) is 0 Å². The van der Waals surface area contributed by atoms with Crippen LogP contribution in [-0.4, -0.2) is 38.0 Å². The summed E-state index contributed by atoms with van der Waals surface area (Å²) < 4.78 is 0. The Bertz CT molecular complexity index is 240. The van der Waals surface area contributed by atoms with Crippen molar-refractivity contribution < 1.29 is 9.59 Å². The molecule has 0 heterocycles. The molecular formula is C9H20N4O2. The number of carbonyl (C=O) groups is 2. The third kappa shape index (κ3) is 4.75. The van der Waals surface area contributed by atoms with Gasteiger partial charge in [0.1, 0.15) is 0 Å². The smallest absolute Gasteiger partial charge is 0.235 e. The molecule has 0 saturated carbocycles. The molecule has 0 rings (SSSR count). The Labute approximate surface area is 89.8 Å². The molecule has 0 fully saturated rings. The number of nitrogens with two attached hydrogens (primary N) is 2. The number of hydrogen-bond acceptors (Lipinski definition) is 4. The normalized spacial score (nSPS) is 13.3. The van der Waals surface area contributed by atoms with E-state index in [0.29, 0.717) is 6.54 Å². The Kier molecular flexibility index (Phi) is 5.24. The van der Waals surface area contributed by atoms with E-state index >= 15 is 0 Å². The standard InChI is InChI=1S/C9H20N4O2/c1-9(2,8(15)12-3)5-13-4-6(10)7(11)14/h6,13H,4-5,10H2,1-3H3,(H2,11,14)(H,12,15). The molecule has 6 N–H and O–H groups in total. The molecule has 1 atom stereocenters. The zero-order valence-electron chi connectivity index (χ0n) is 9.46. The summed E-state index contributed by atoms with van der Waals surface area (Å²) in [6.45, 7) is 4.31. The average molecular weight is 216 g/mol. The molecule has 0 radical (unpaired) electrons. The predicted molar refractivity (Wildman–Crippen MR) is 57.9 cm³/mol. The van der Waals surface area contributed by atoms with Gasteiger partial charge in [-0.15, -0.1) is 0 Å². The van der Waals surface area contributed by atoms with Crippen LogP contribution >= 0.6 is 0 Å². The van der Waals surface area contributed by atoms with E-state index in [4.69, 9.17) is 11.5 Å². The Morgan fingerprint density at radius 2 is 1.93 bits per heavy atom. The second-order valence-electron chi connectivity index (χ2n) is 4.10. The molecule has 2 amide bonds. The Morgan fingerprint density at radius 1 is 1.40 bits per heavy atom. The first-order valence-corrected chi connectivity index (χ1v) is 4.79. The first kappa shape index (κ1) is 13.9. The van der Waals surface area contributed by atoms with Gasteiger partial charge in [0.2, 0.25) is 11.8 Å². The lowest BCUT2D eigenvalue weighted by Gasteiger charge is -2.23. The molecule has 0 spiro atoms. The highest BCUT2D eigenvalue weighted by Crippen LogP contribution is 2.12. The van der Waals surface area contributed by atoms with Crippen LogP contribution in [-0.2, 0) is 9.59 Å². The monoisotopic (exact) mass is 216 g/mol. The van der Waals surface area contributed by atoms with Gasteiger partial charge >= 0.3 is 0 Å². The highest BCUT2D eigenvalue weighted by Gasteiger charge is 2.26. The Balaban J connectivity index is 3.95. The van der Waals surface area contributed by atoms with Gasteiger partial charge in [0.15, 0.2) is 0 Å². The lowest BCUT2D eigenvalue weighted by molar-refractivity contribution is -0.128. The maximum Gasteiger partial charge on any atom is 0.235 e. The molecule has 15 heavy (non-hydrogen) atoms. The third-order valence-corrected chi connectivity index (χ3v) is 2.14. The van der Waals surface area contributed by atoms with Gasteiger partial charge in [0.05, 0.1) is 11.5 Å². The summed E-state index contributed by atoms with van der Waals surface area (Å²) in [6, 6.07) is -0.717. The van der Waals surface area contributed by atoms with Crippen LogP contribution in [0.3, 0.4) is 0 Å². The molecule has 0 aliphatic rings. The van der Waals surface area contributed by atoms with Gasteiger partial charge in [-0.05, 0) is 13.8 Å². The molecule has 0 aromatic heterocycles. The van der Waals surface area contributed by atoms with Crippen LogP contribution in [0.4, 0.5) is 0 Å².